The van der Waals surface area contributed by atoms with Crippen LogP contribution in [0.4, 0.5) is 11.8 Å². The summed E-state index contributed by atoms with van der Waals surface area (Å²) in [5, 5.41) is 10.2. The van der Waals surface area contributed by atoms with Gasteiger partial charge in [-0.3, -0.25) is 4.79 Å². The minimum absolute atomic E-state index is 0.0279. The molecule has 1 amide bonds. The maximum atomic E-state index is 13.1. The maximum absolute atomic E-state index is 13.1. The van der Waals surface area contributed by atoms with Crippen LogP contribution in [0.1, 0.15) is 44.2 Å². The zero-order chi connectivity index (χ0) is 24.4. The Kier molecular flexibility index (Phi) is 6.53. The van der Waals surface area contributed by atoms with Crippen molar-refractivity contribution >= 4 is 39.3 Å². The molecule has 1 atom stereocenters. The van der Waals surface area contributed by atoms with Gasteiger partial charge in [0.2, 0.25) is 11.9 Å². The van der Waals surface area contributed by atoms with Gasteiger partial charge in [0.05, 0.1) is 11.6 Å². The normalized spacial score (nSPS) is 18.8. The van der Waals surface area contributed by atoms with E-state index in [1.54, 1.807) is 0 Å². The number of anilines is 2. The summed E-state index contributed by atoms with van der Waals surface area (Å²) in [4.78, 5) is 24.6. The molecule has 1 saturated carbocycles. The lowest BCUT2D eigenvalue weighted by Gasteiger charge is -2.29. The molecule has 5 rings (SSSR count). The van der Waals surface area contributed by atoms with Gasteiger partial charge in [0.1, 0.15) is 5.82 Å². The van der Waals surface area contributed by atoms with E-state index in [-0.39, 0.29) is 23.9 Å². The van der Waals surface area contributed by atoms with Crippen molar-refractivity contribution in [1.29, 1.82) is 0 Å². The molecule has 1 heterocycles. The smallest absolute Gasteiger partial charge is 0.225 e. The van der Waals surface area contributed by atoms with Crippen molar-refractivity contribution in [2.45, 2.75) is 44.7 Å². The summed E-state index contributed by atoms with van der Waals surface area (Å²) in [7, 11) is 4.00. The number of carbonyl (C=O) groups excluding carboxylic acids is 1. The summed E-state index contributed by atoms with van der Waals surface area (Å²) in [6.45, 7) is 2.08. The molecule has 180 valence electrons. The molecule has 6 heteroatoms. The van der Waals surface area contributed by atoms with E-state index in [1.807, 2.05) is 43.3 Å². The Balaban J connectivity index is 1.21. The Morgan fingerprint density at radius 2 is 1.57 bits per heavy atom. The SMILES string of the molecule is C[C@H](NC(=O)C1CCC(Nc2nc(N(C)C)c3ccccc3n2)CC1)c1cccc2ccccc12. The number of hydrogen-bond acceptors (Lipinski definition) is 5. The summed E-state index contributed by atoms with van der Waals surface area (Å²) >= 11 is 0. The van der Waals surface area contributed by atoms with Gasteiger partial charge < -0.3 is 15.5 Å². The van der Waals surface area contributed by atoms with Crippen LogP contribution in [-0.2, 0) is 4.79 Å². The Morgan fingerprint density at radius 1 is 0.886 bits per heavy atom. The molecular weight excluding hydrogens is 434 g/mol. The van der Waals surface area contributed by atoms with Gasteiger partial charge in [0.15, 0.2) is 0 Å². The summed E-state index contributed by atoms with van der Waals surface area (Å²) < 4.78 is 0. The second-order valence-electron chi connectivity index (χ2n) is 9.77. The lowest BCUT2D eigenvalue weighted by molar-refractivity contribution is -0.126. The first-order chi connectivity index (χ1) is 17.0. The van der Waals surface area contributed by atoms with E-state index in [4.69, 9.17) is 9.97 Å². The Bertz CT molecular complexity index is 1340. The molecule has 1 aromatic heterocycles. The number of para-hydroxylation sites is 1. The Hall–Kier alpha value is -3.67. The first kappa shape index (κ1) is 23.1. The highest BCUT2D eigenvalue weighted by molar-refractivity contribution is 5.90. The lowest BCUT2D eigenvalue weighted by Crippen LogP contribution is -2.37. The first-order valence-electron chi connectivity index (χ1n) is 12.5. The van der Waals surface area contributed by atoms with Crippen molar-refractivity contribution in [2.24, 2.45) is 5.92 Å². The average molecular weight is 468 g/mol. The van der Waals surface area contributed by atoms with Crippen LogP contribution in [0.2, 0.25) is 0 Å². The minimum atomic E-state index is -0.0279. The van der Waals surface area contributed by atoms with Crippen LogP contribution in [0.5, 0.6) is 0 Å². The van der Waals surface area contributed by atoms with Crippen LogP contribution in [0.3, 0.4) is 0 Å². The van der Waals surface area contributed by atoms with E-state index in [9.17, 15) is 4.79 Å². The predicted octanol–water partition coefficient (Wildman–Crippen LogP) is 5.70. The molecule has 0 radical (unpaired) electrons. The predicted molar refractivity (Wildman–Crippen MR) is 144 cm³/mol. The van der Waals surface area contributed by atoms with E-state index in [0.29, 0.717) is 5.95 Å². The minimum Gasteiger partial charge on any atom is -0.362 e. The van der Waals surface area contributed by atoms with Crippen LogP contribution in [0, 0.1) is 5.92 Å². The van der Waals surface area contributed by atoms with Gasteiger partial charge in [-0.25, -0.2) is 4.98 Å². The molecule has 0 aliphatic heterocycles. The molecule has 0 bridgehead atoms. The Labute approximate surface area is 206 Å². The number of rotatable bonds is 6. The van der Waals surface area contributed by atoms with Crippen LogP contribution < -0.4 is 15.5 Å². The number of nitrogens with zero attached hydrogens (tertiary/aromatic N) is 3. The van der Waals surface area contributed by atoms with Crippen LogP contribution >= 0.6 is 0 Å². The van der Waals surface area contributed by atoms with E-state index in [1.165, 1.54) is 10.8 Å². The summed E-state index contributed by atoms with van der Waals surface area (Å²) in [6, 6.07) is 23.0. The van der Waals surface area contributed by atoms with Gasteiger partial charge in [0, 0.05) is 31.4 Å². The molecule has 35 heavy (non-hydrogen) atoms. The maximum Gasteiger partial charge on any atom is 0.225 e. The van der Waals surface area contributed by atoms with Crippen molar-refractivity contribution in [3.05, 3.63) is 72.3 Å². The number of carbonyl (C=O) groups is 1. The summed E-state index contributed by atoms with van der Waals surface area (Å²) in [6.07, 6.45) is 3.57. The molecule has 3 aromatic carbocycles. The van der Waals surface area contributed by atoms with E-state index in [2.05, 4.69) is 60.0 Å². The van der Waals surface area contributed by atoms with E-state index < -0.39 is 0 Å². The van der Waals surface area contributed by atoms with Crippen LogP contribution in [-0.4, -0.2) is 36.0 Å². The third-order valence-electron chi connectivity index (χ3n) is 7.09. The van der Waals surface area contributed by atoms with Crippen molar-refractivity contribution in [3.8, 4) is 0 Å². The van der Waals surface area contributed by atoms with E-state index in [0.717, 1.165) is 48.0 Å². The number of amides is 1. The molecule has 4 aromatic rings. The zero-order valence-electron chi connectivity index (χ0n) is 20.7. The van der Waals surface area contributed by atoms with E-state index >= 15 is 0 Å². The standard InChI is InChI=1S/C29H33N5O/c1-19(23-13-8-10-20-9-4-5-11-24(20)23)30-28(35)21-15-17-22(18-16-21)31-29-32-26-14-7-6-12-25(26)27(33-29)34(2)3/h4-14,19,21-22H,15-18H2,1-3H3,(H,30,35)(H,31,32,33)/t19-,21?,22?/m0/s1. The number of hydrogen-bond donors (Lipinski definition) is 2. The summed E-state index contributed by atoms with van der Waals surface area (Å²) in [5.74, 6) is 1.76. The molecule has 0 unspecified atom stereocenters. The molecule has 1 fully saturated rings. The highest BCUT2D eigenvalue weighted by atomic mass is 16.1. The molecule has 0 spiro atoms. The van der Waals surface area contributed by atoms with Gasteiger partial charge in [-0.15, -0.1) is 0 Å². The highest BCUT2D eigenvalue weighted by Gasteiger charge is 2.28. The zero-order valence-corrected chi connectivity index (χ0v) is 20.7. The van der Waals surface area contributed by atoms with Crippen molar-refractivity contribution in [3.63, 3.8) is 0 Å². The molecule has 2 N–H and O–H groups in total. The second-order valence-corrected chi connectivity index (χ2v) is 9.77. The number of aromatic nitrogens is 2. The van der Waals surface area contributed by atoms with Crippen molar-refractivity contribution in [1.82, 2.24) is 15.3 Å². The van der Waals surface area contributed by atoms with Gasteiger partial charge in [-0.05, 0) is 61.1 Å². The lowest BCUT2D eigenvalue weighted by atomic mass is 9.85. The molecule has 0 saturated heterocycles. The molecule has 1 aliphatic rings. The van der Waals surface area contributed by atoms with Gasteiger partial charge in [-0.1, -0.05) is 54.6 Å². The fourth-order valence-electron chi connectivity index (χ4n) is 5.18. The van der Waals surface area contributed by atoms with Gasteiger partial charge in [0.25, 0.3) is 0 Å². The molecular formula is C29H33N5O. The van der Waals surface area contributed by atoms with Crippen LogP contribution in [0.25, 0.3) is 21.7 Å². The summed E-state index contributed by atoms with van der Waals surface area (Å²) in [5.41, 5.74) is 2.10. The van der Waals surface area contributed by atoms with Crippen molar-refractivity contribution in [2.75, 3.05) is 24.3 Å². The fourth-order valence-corrected chi connectivity index (χ4v) is 5.18. The fraction of sp³-hybridized carbons (Fsp3) is 0.345. The number of fused-ring (bicyclic) bond motifs is 2. The van der Waals surface area contributed by atoms with Gasteiger partial charge >= 0.3 is 0 Å². The van der Waals surface area contributed by atoms with Gasteiger partial charge in [-0.2, -0.15) is 4.98 Å². The quantitative estimate of drug-likeness (QED) is 0.381. The second kappa shape index (κ2) is 9.90. The average Bonchev–Trinajstić information content (AvgIpc) is 2.88. The third-order valence-corrected chi connectivity index (χ3v) is 7.09. The number of nitrogens with one attached hydrogen (secondary N) is 2. The number of benzene rings is 3. The van der Waals surface area contributed by atoms with Crippen LogP contribution in [0.15, 0.2) is 66.7 Å². The highest BCUT2D eigenvalue weighted by Crippen LogP contribution is 2.30. The van der Waals surface area contributed by atoms with Crippen molar-refractivity contribution < 1.29 is 4.79 Å². The monoisotopic (exact) mass is 467 g/mol. The molecule has 6 nitrogen and oxygen atoms in total. The molecule has 1 aliphatic carbocycles. The Morgan fingerprint density at radius 3 is 2.34 bits per heavy atom. The largest absolute Gasteiger partial charge is 0.362 e. The third kappa shape index (κ3) is 4.92. The topological polar surface area (TPSA) is 70.2 Å². The first-order valence-corrected chi connectivity index (χ1v) is 12.5.